The van der Waals surface area contributed by atoms with Crippen molar-refractivity contribution in [3.05, 3.63) is 76.7 Å². The Morgan fingerprint density at radius 3 is 2.48 bits per heavy atom. The highest BCUT2D eigenvalue weighted by molar-refractivity contribution is 7.95. The first-order valence-electron chi connectivity index (χ1n) is 7.41. The molecule has 0 saturated carbocycles. The van der Waals surface area contributed by atoms with E-state index in [0.717, 1.165) is 22.4 Å². The van der Waals surface area contributed by atoms with Crippen LogP contribution in [0.5, 0.6) is 0 Å². The van der Waals surface area contributed by atoms with Gasteiger partial charge in [0.1, 0.15) is 0 Å². The predicted molar refractivity (Wildman–Crippen MR) is 93.7 cm³/mol. The summed E-state index contributed by atoms with van der Waals surface area (Å²) in [5.41, 5.74) is 6.48. The molecular formula is C18H18N2O2S. The topological polar surface area (TPSA) is 58.5 Å². The lowest BCUT2D eigenvalue weighted by molar-refractivity contribution is 0.577. The Balaban J connectivity index is 1.71. The van der Waals surface area contributed by atoms with Crippen LogP contribution < -0.4 is 5.43 Å². The van der Waals surface area contributed by atoms with Gasteiger partial charge in [0.05, 0.1) is 5.71 Å². The average Bonchev–Trinajstić information content (AvgIpc) is 3.06. The van der Waals surface area contributed by atoms with Gasteiger partial charge in [-0.15, -0.1) is 0 Å². The zero-order valence-electron chi connectivity index (χ0n) is 12.8. The van der Waals surface area contributed by atoms with Crippen LogP contribution in [-0.4, -0.2) is 19.5 Å². The molecule has 0 saturated heterocycles. The molecule has 0 unspecified atom stereocenters. The molecule has 0 aliphatic carbocycles. The second-order valence-electron chi connectivity index (χ2n) is 5.55. The van der Waals surface area contributed by atoms with E-state index in [0.29, 0.717) is 6.42 Å². The van der Waals surface area contributed by atoms with Crippen LogP contribution >= 0.6 is 0 Å². The normalized spacial score (nSPS) is 18.0. The van der Waals surface area contributed by atoms with Gasteiger partial charge in [-0.3, -0.25) is 5.43 Å². The van der Waals surface area contributed by atoms with E-state index in [-0.39, 0.29) is 0 Å². The molecule has 0 aromatic heterocycles. The smallest absolute Gasteiger partial charge is 0.194 e. The molecule has 2 aromatic rings. The molecule has 0 spiro atoms. The Morgan fingerprint density at radius 1 is 1.09 bits per heavy atom. The number of rotatable bonds is 4. The molecule has 0 fully saturated rings. The molecule has 0 radical (unpaired) electrons. The van der Waals surface area contributed by atoms with Crippen molar-refractivity contribution in [2.75, 3.05) is 0 Å². The first kappa shape index (κ1) is 15.5. The van der Waals surface area contributed by atoms with Crippen molar-refractivity contribution < 1.29 is 8.42 Å². The van der Waals surface area contributed by atoms with Crippen LogP contribution in [0.25, 0.3) is 6.08 Å². The number of hydrogen-bond donors (Lipinski definition) is 1. The van der Waals surface area contributed by atoms with Crippen molar-refractivity contribution in [1.82, 2.24) is 5.43 Å². The summed E-state index contributed by atoms with van der Waals surface area (Å²) in [5.74, 6) is 0. The van der Waals surface area contributed by atoms with Crippen molar-refractivity contribution in [3.63, 3.8) is 0 Å². The van der Waals surface area contributed by atoms with Crippen molar-refractivity contribution in [1.29, 1.82) is 0 Å². The fraction of sp³-hybridized carbons (Fsp3) is 0.167. The van der Waals surface area contributed by atoms with E-state index in [2.05, 4.69) is 10.5 Å². The van der Waals surface area contributed by atoms with Gasteiger partial charge >= 0.3 is 0 Å². The molecule has 5 heteroatoms. The quantitative estimate of drug-likeness (QED) is 0.939. The second-order valence-corrected chi connectivity index (χ2v) is 7.57. The maximum atomic E-state index is 12.4. The molecule has 2 aromatic carbocycles. The lowest BCUT2D eigenvalue weighted by Gasteiger charge is -2.07. The van der Waals surface area contributed by atoms with Gasteiger partial charge < -0.3 is 0 Å². The van der Waals surface area contributed by atoms with Crippen LogP contribution in [0.4, 0.5) is 0 Å². The molecule has 0 bridgehead atoms. The van der Waals surface area contributed by atoms with Crippen LogP contribution in [0.3, 0.4) is 0 Å². The molecule has 118 valence electrons. The van der Waals surface area contributed by atoms with Gasteiger partial charge in [-0.1, -0.05) is 60.2 Å². The van der Waals surface area contributed by atoms with Gasteiger partial charge in [-0.25, -0.2) is 8.42 Å². The Labute approximate surface area is 136 Å². The number of hydrogen-bond acceptors (Lipinski definition) is 4. The molecule has 0 amide bonds. The molecule has 3 rings (SSSR count). The standard InChI is InChI=1S/C18H18N2O2S/c1-14-7-9-16(10-8-14)17-13-18(20-19-17)23(21,22)12-11-15-5-3-2-4-6-15/h2-12,18,20H,13H2,1H3/b12-11+/t18-/m0/s1. The number of benzene rings is 2. The van der Waals surface area contributed by atoms with E-state index < -0.39 is 15.2 Å². The molecule has 1 N–H and O–H groups in total. The third-order valence-electron chi connectivity index (χ3n) is 3.75. The highest BCUT2D eigenvalue weighted by atomic mass is 32.2. The summed E-state index contributed by atoms with van der Waals surface area (Å²) >= 11 is 0. The number of sulfone groups is 1. The minimum Gasteiger partial charge on any atom is -0.291 e. The summed E-state index contributed by atoms with van der Waals surface area (Å²) in [6.07, 6.45) is 1.98. The Bertz CT molecular complexity index is 838. The SMILES string of the molecule is Cc1ccc(C2=NN[C@@H](S(=O)(=O)/C=C/c3ccccc3)C2)cc1. The summed E-state index contributed by atoms with van der Waals surface area (Å²) in [7, 11) is -3.41. The molecule has 4 nitrogen and oxygen atoms in total. The van der Waals surface area contributed by atoms with E-state index in [1.165, 1.54) is 5.41 Å². The molecule has 1 aliphatic rings. The highest BCUT2D eigenvalue weighted by Gasteiger charge is 2.29. The number of nitrogens with zero attached hydrogens (tertiary/aromatic N) is 1. The van der Waals surface area contributed by atoms with Gasteiger partial charge in [0.25, 0.3) is 0 Å². The largest absolute Gasteiger partial charge is 0.291 e. The summed E-state index contributed by atoms with van der Waals surface area (Å²) in [6, 6.07) is 17.3. The van der Waals surface area contributed by atoms with Crippen LogP contribution in [0.2, 0.25) is 0 Å². The van der Waals surface area contributed by atoms with Crippen LogP contribution in [0.1, 0.15) is 23.1 Å². The van der Waals surface area contributed by atoms with Crippen molar-refractivity contribution in [3.8, 4) is 0 Å². The first-order chi connectivity index (χ1) is 11.0. The van der Waals surface area contributed by atoms with Crippen molar-refractivity contribution in [2.24, 2.45) is 5.10 Å². The maximum absolute atomic E-state index is 12.4. The van der Waals surface area contributed by atoms with E-state index in [9.17, 15) is 8.42 Å². The van der Waals surface area contributed by atoms with E-state index >= 15 is 0 Å². The molecule has 1 heterocycles. The van der Waals surface area contributed by atoms with Crippen LogP contribution in [-0.2, 0) is 9.84 Å². The summed E-state index contributed by atoms with van der Waals surface area (Å²) in [6.45, 7) is 2.01. The fourth-order valence-corrected chi connectivity index (χ4v) is 3.49. The average molecular weight is 326 g/mol. The zero-order chi connectivity index (χ0) is 16.3. The van der Waals surface area contributed by atoms with Gasteiger partial charge in [-0.05, 0) is 24.1 Å². The van der Waals surface area contributed by atoms with Crippen molar-refractivity contribution >= 4 is 21.6 Å². The third kappa shape index (κ3) is 3.68. The molecule has 1 aliphatic heterocycles. The van der Waals surface area contributed by atoms with Gasteiger partial charge in [0.15, 0.2) is 15.2 Å². The molecule has 1 atom stereocenters. The Morgan fingerprint density at radius 2 is 1.78 bits per heavy atom. The number of hydrazone groups is 1. The summed E-state index contributed by atoms with van der Waals surface area (Å²) in [5, 5.41) is 4.74. The number of nitrogens with one attached hydrogen (secondary N) is 1. The van der Waals surface area contributed by atoms with E-state index in [4.69, 9.17) is 0 Å². The summed E-state index contributed by atoms with van der Waals surface area (Å²) in [4.78, 5) is 0. The van der Waals surface area contributed by atoms with Gasteiger partial charge in [0.2, 0.25) is 0 Å². The Kier molecular flexibility index (Phi) is 4.30. The second kappa shape index (κ2) is 6.38. The van der Waals surface area contributed by atoms with E-state index in [1.54, 1.807) is 6.08 Å². The lowest BCUT2D eigenvalue weighted by Crippen LogP contribution is -2.28. The zero-order valence-corrected chi connectivity index (χ0v) is 13.6. The van der Waals surface area contributed by atoms with Gasteiger partial charge in [-0.2, -0.15) is 5.10 Å². The van der Waals surface area contributed by atoms with Crippen molar-refractivity contribution in [2.45, 2.75) is 18.7 Å². The van der Waals surface area contributed by atoms with Gasteiger partial charge in [0, 0.05) is 11.8 Å². The highest BCUT2D eigenvalue weighted by Crippen LogP contribution is 2.18. The monoisotopic (exact) mass is 326 g/mol. The fourth-order valence-electron chi connectivity index (χ4n) is 2.37. The molecule has 23 heavy (non-hydrogen) atoms. The van der Waals surface area contributed by atoms with Crippen LogP contribution in [0, 0.1) is 6.92 Å². The molecular weight excluding hydrogens is 308 g/mol. The lowest BCUT2D eigenvalue weighted by atomic mass is 10.1. The predicted octanol–water partition coefficient (Wildman–Crippen LogP) is 3.10. The van der Waals surface area contributed by atoms with E-state index in [1.807, 2.05) is 61.5 Å². The number of aryl methyl sites for hydroxylation is 1. The van der Waals surface area contributed by atoms with Crippen LogP contribution in [0.15, 0.2) is 65.1 Å². The Hall–Kier alpha value is -2.40. The third-order valence-corrected chi connectivity index (χ3v) is 5.33. The first-order valence-corrected chi connectivity index (χ1v) is 9.02. The summed E-state index contributed by atoms with van der Waals surface area (Å²) < 4.78 is 24.8. The minimum absolute atomic E-state index is 0.366. The maximum Gasteiger partial charge on any atom is 0.194 e. The minimum atomic E-state index is -3.41.